The first-order valence-corrected chi connectivity index (χ1v) is 6.96. The van der Waals surface area contributed by atoms with Gasteiger partial charge in [-0.3, -0.25) is 9.59 Å². The number of halogens is 3. The van der Waals surface area contributed by atoms with Crippen LogP contribution in [-0.4, -0.2) is 17.0 Å². The number of hydrogen-bond donors (Lipinski definition) is 0. The smallest absolute Gasteiger partial charge is 0.311 e. The lowest BCUT2D eigenvalue weighted by Gasteiger charge is -2.21. The van der Waals surface area contributed by atoms with Crippen LogP contribution in [0.3, 0.4) is 0 Å². The van der Waals surface area contributed by atoms with Crippen molar-refractivity contribution in [3.63, 3.8) is 0 Å². The second-order valence-electron chi connectivity index (χ2n) is 4.83. The molecule has 4 nitrogen and oxygen atoms in total. The van der Waals surface area contributed by atoms with Gasteiger partial charge < -0.3 is 9.47 Å². The van der Waals surface area contributed by atoms with Crippen LogP contribution in [0.2, 0.25) is 0 Å². The third-order valence-electron chi connectivity index (χ3n) is 3.32. The molecule has 122 valence electrons. The van der Waals surface area contributed by atoms with Crippen LogP contribution >= 0.6 is 0 Å². The Bertz CT molecular complexity index is 739. The van der Waals surface area contributed by atoms with Crippen molar-refractivity contribution in [3.8, 4) is 0 Å². The summed E-state index contributed by atoms with van der Waals surface area (Å²) in [5, 5.41) is 0. The van der Waals surface area contributed by atoms with Crippen LogP contribution < -0.4 is 10.5 Å². The maximum atomic E-state index is 12.7. The molecule has 1 heterocycles. The highest BCUT2D eigenvalue weighted by atomic mass is 19.4. The molecule has 0 atom stereocenters. The van der Waals surface area contributed by atoms with E-state index in [2.05, 4.69) is 0 Å². The van der Waals surface area contributed by atoms with Gasteiger partial charge in [0.05, 0.1) is 0 Å². The summed E-state index contributed by atoms with van der Waals surface area (Å²) in [5.74, 6) is -0.458. The summed E-state index contributed by atoms with van der Waals surface area (Å²) in [6, 6.07) is 10.5. The third kappa shape index (κ3) is 3.80. The maximum absolute atomic E-state index is 12.7. The van der Waals surface area contributed by atoms with Gasteiger partial charge in [0.1, 0.15) is 12.1 Å². The molecule has 2 rings (SSSR count). The monoisotopic (exact) mass is 324 g/mol. The summed E-state index contributed by atoms with van der Waals surface area (Å²) in [5.41, 5.74) is -1.88. The van der Waals surface area contributed by atoms with E-state index in [1.807, 2.05) is 0 Å². The molecular weight excluding hydrogens is 309 g/mol. The van der Waals surface area contributed by atoms with Crippen molar-refractivity contribution in [2.24, 2.45) is 0 Å². The number of aromatic nitrogens is 1. The average molecular weight is 324 g/mol. The summed E-state index contributed by atoms with van der Waals surface area (Å²) in [7, 11) is 0. The minimum absolute atomic E-state index is 0.344. The minimum atomic E-state index is -4.74. The van der Waals surface area contributed by atoms with Crippen molar-refractivity contribution in [2.75, 3.05) is 11.4 Å². The van der Waals surface area contributed by atoms with Crippen molar-refractivity contribution in [1.82, 2.24) is 4.57 Å². The van der Waals surface area contributed by atoms with Gasteiger partial charge in [0.15, 0.2) is 0 Å². The number of carbonyl (C=O) groups is 1. The molecule has 0 aliphatic rings. The number of benzene rings is 1. The Labute approximate surface area is 130 Å². The number of rotatable bonds is 4. The topological polar surface area (TPSA) is 42.3 Å². The zero-order chi connectivity index (χ0) is 17.0. The van der Waals surface area contributed by atoms with Gasteiger partial charge in [-0.2, -0.15) is 13.2 Å². The lowest BCUT2D eigenvalue weighted by Crippen LogP contribution is -2.37. The standard InChI is InChI=1S/C16H15F3N2O2/c1-2-21(12-7-4-3-5-8-12)14(22)11-20-10-6-9-13(15(20)23)16(17,18)19/h3-10H,2,11H2,1H3. The normalized spacial score (nSPS) is 11.3. The summed E-state index contributed by atoms with van der Waals surface area (Å²) in [4.78, 5) is 25.6. The molecule has 0 radical (unpaired) electrons. The second kappa shape index (κ2) is 6.68. The van der Waals surface area contributed by atoms with Crippen molar-refractivity contribution in [1.29, 1.82) is 0 Å². The highest BCUT2D eigenvalue weighted by molar-refractivity contribution is 5.93. The lowest BCUT2D eigenvalue weighted by molar-refractivity contribution is -0.139. The molecule has 1 aromatic carbocycles. The zero-order valence-electron chi connectivity index (χ0n) is 12.4. The first-order chi connectivity index (χ1) is 10.8. The van der Waals surface area contributed by atoms with Crippen LogP contribution in [0.4, 0.5) is 18.9 Å². The highest BCUT2D eigenvalue weighted by Crippen LogP contribution is 2.26. The van der Waals surface area contributed by atoms with Crippen LogP contribution in [0.5, 0.6) is 0 Å². The van der Waals surface area contributed by atoms with Gasteiger partial charge in [0, 0.05) is 18.4 Å². The Morgan fingerprint density at radius 2 is 1.78 bits per heavy atom. The van der Waals surface area contributed by atoms with Gasteiger partial charge in [0.2, 0.25) is 5.91 Å². The number of para-hydroxylation sites is 1. The van der Waals surface area contributed by atoms with Gasteiger partial charge in [0.25, 0.3) is 5.56 Å². The largest absolute Gasteiger partial charge is 0.421 e. The van der Waals surface area contributed by atoms with Crippen molar-refractivity contribution in [2.45, 2.75) is 19.6 Å². The lowest BCUT2D eigenvalue weighted by atomic mass is 10.2. The molecule has 0 N–H and O–H groups in total. The Morgan fingerprint density at radius 1 is 1.13 bits per heavy atom. The molecule has 7 heteroatoms. The summed E-state index contributed by atoms with van der Waals surface area (Å²) >= 11 is 0. The van der Waals surface area contributed by atoms with Crippen LogP contribution in [0.15, 0.2) is 53.5 Å². The fourth-order valence-electron chi connectivity index (χ4n) is 2.22. The first kappa shape index (κ1) is 16.8. The molecule has 0 saturated carbocycles. The van der Waals surface area contributed by atoms with E-state index in [-0.39, 0.29) is 0 Å². The number of anilines is 1. The summed E-state index contributed by atoms with van der Waals surface area (Å²) < 4.78 is 39.0. The van der Waals surface area contributed by atoms with Gasteiger partial charge >= 0.3 is 6.18 Å². The van der Waals surface area contributed by atoms with E-state index >= 15 is 0 Å². The highest BCUT2D eigenvalue weighted by Gasteiger charge is 2.34. The number of pyridine rings is 1. The van der Waals surface area contributed by atoms with E-state index in [9.17, 15) is 22.8 Å². The van der Waals surface area contributed by atoms with E-state index < -0.39 is 29.8 Å². The Balaban J connectivity index is 2.29. The number of carbonyl (C=O) groups excluding carboxylic acids is 1. The van der Waals surface area contributed by atoms with Crippen LogP contribution in [-0.2, 0) is 17.5 Å². The predicted octanol–water partition coefficient (Wildman–Crippen LogP) is 2.92. The van der Waals surface area contributed by atoms with E-state index in [4.69, 9.17) is 0 Å². The van der Waals surface area contributed by atoms with Gasteiger partial charge in [-0.15, -0.1) is 0 Å². The molecule has 23 heavy (non-hydrogen) atoms. The van der Waals surface area contributed by atoms with Crippen molar-refractivity contribution >= 4 is 11.6 Å². The minimum Gasteiger partial charge on any atom is -0.311 e. The molecule has 1 aromatic heterocycles. The van der Waals surface area contributed by atoms with Crippen molar-refractivity contribution in [3.05, 3.63) is 64.6 Å². The maximum Gasteiger partial charge on any atom is 0.421 e. The number of likely N-dealkylation sites (N-methyl/N-ethyl adjacent to an activating group) is 1. The average Bonchev–Trinajstić information content (AvgIpc) is 2.50. The number of alkyl halides is 3. The molecule has 0 saturated heterocycles. The third-order valence-corrected chi connectivity index (χ3v) is 3.32. The molecule has 0 unspecified atom stereocenters. The number of nitrogens with zero attached hydrogens (tertiary/aromatic N) is 2. The molecule has 0 aliphatic carbocycles. The van der Waals surface area contributed by atoms with Crippen LogP contribution in [0.1, 0.15) is 12.5 Å². The fourth-order valence-corrected chi connectivity index (χ4v) is 2.22. The zero-order valence-corrected chi connectivity index (χ0v) is 12.4. The van der Waals surface area contributed by atoms with E-state index in [1.165, 1.54) is 11.1 Å². The summed E-state index contributed by atoms with van der Waals surface area (Å²) in [6.45, 7) is 1.64. The van der Waals surface area contributed by atoms with Gasteiger partial charge in [-0.1, -0.05) is 18.2 Å². The van der Waals surface area contributed by atoms with Crippen LogP contribution in [0.25, 0.3) is 0 Å². The quantitative estimate of drug-likeness (QED) is 0.868. The van der Waals surface area contributed by atoms with E-state index in [0.717, 1.165) is 10.6 Å². The van der Waals surface area contributed by atoms with Crippen molar-refractivity contribution < 1.29 is 18.0 Å². The molecule has 1 amide bonds. The SMILES string of the molecule is CCN(C(=O)Cn1cccc(C(F)(F)F)c1=O)c1ccccc1. The Hall–Kier alpha value is -2.57. The van der Waals surface area contributed by atoms with E-state index in [1.54, 1.807) is 37.3 Å². The second-order valence-corrected chi connectivity index (χ2v) is 4.83. The molecule has 0 bridgehead atoms. The molecule has 0 spiro atoms. The predicted molar refractivity (Wildman–Crippen MR) is 80.2 cm³/mol. The molecular formula is C16H15F3N2O2. The first-order valence-electron chi connectivity index (χ1n) is 6.96. The van der Waals surface area contributed by atoms with E-state index in [0.29, 0.717) is 18.3 Å². The molecule has 0 fully saturated rings. The molecule has 0 aliphatic heterocycles. The molecule has 2 aromatic rings. The van der Waals surface area contributed by atoms with Gasteiger partial charge in [-0.25, -0.2) is 0 Å². The summed E-state index contributed by atoms with van der Waals surface area (Å²) in [6.07, 6.45) is -3.57. The number of amides is 1. The van der Waals surface area contributed by atoms with Crippen LogP contribution in [0, 0.1) is 0 Å². The number of hydrogen-bond acceptors (Lipinski definition) is 2. The Kier molecular flexibility index (Phi) is 4.88. The fraction of sp³-hybridized carbons (Fsp3) is 0.250. The Morgan fingerprint density at radius 3 is 2.35 bits per heavy atom. The van der Waals surface area contributed by atoms with Gasteiger partial charge in [-0.05, 0) is 31.2 Å².